The Morgan fingerprint density at radius 2 is 1.76 bits per heavy atom. The summed E-state index contributed by atoms with van der Waals surface area (Å²) >= 11 is 0. The molecule has 21 heavy (non-hydrogen) atoms. The highest BCUT2D eigenvalue weighted by Gasteiger charge is 1.99. The highest BCUT2D eigenvalue weighted by Crippen LogP contribution is 2.12. The fraction of sp³-hybridized carbons (Fsp3) is 0.562. The Morgan fingerprint density at radius 1 is 1.10 bits per heavy atom. The molecule has 0 bridgehead atoms. The number of carbonyl (C=O) groups excluding carboxylic acids is 1. The van der Waals surface area contributed by atoms with Crippen molar-refractivity contribution in [3.63, 3.8) is 0 Å². The molecule has 5 heteroatoms. The predicted octanol–water partition coefficient (Wildman–Crippen LogP) is 2.35. The molecule has 0 saturated heterocycles. The number of hydrogen-bond acceptors (Lipinski definition) is 3. The lowest BCUT2D eigenvalue weighted by Gasteiger charge is -2.08. The number of aryl methyl sites for hydroxylation is 1. The van der Waals surface area contributed by atoms with Gasteiger partial charge in [0.15, 0.2) is 0 Å². The number of carbonyl (C=O) groups is 1. The van der Waals surface area contributed by atoms with Crippen LogP contribution in [0.1, 0.15) is 25.3 Å². The predicted molar refractivity (Wildman–Crippen MR) is 83.8 cm³/mol. The molecule has 1 rings (SSSR count). The van der Waals surface area contributed by atoms with Crippen LogP contribution in [0.4, 0.5) is 4.79 Å². The molecule has 0 aromatic heterocycles. The first kappa shape index (κ1) is 17.3. The molecule has 0 aliphatic carbocycles. The Kier molecular flexibility index (Phi) is 9.04. The number of amides is 2. The van der Waals surface area contributed by atoms with Crippen molar-refractivity contribution in [1.82, 2.24) is 10.6 Å². The minimum absolute atomic E-state index is 0.110. The lowest BCUT2D eigenvalue weighted by atomic mass is 10.1. The zero-order chi connectivity index (χ0) is 15.3. The lowest BCUT2D eigenvalue weighted by molar-refractivity contribution is 0.145. The summed E-state index contributed by atoms with van der Waals surface area (Å²) < 4.78 is 10.3. The minimum atomic E-state index is -0.110. The van der Waals surface area contributed by atoms with Gasteiger partial charge in [0.05, 0.1) is 7.11 Å². The van der Waals surface area contributed by atoms with E-state index in [1.165, 1.54) is 5.56 Å². The van der Waals surface area contributed by atoms with Gasteiger partial charge in [0.1, 0.15) is 5.75 Å². The maximum absolute atomic E-state index is 11.5. The van der Waals surface area contributed by atoms with Crippen molar-refractivity contribution < 1.29 is 14.3 Å². The molecule has 0 saturated carbocycles. The number of urea groups is 1. The molecule has 5 nitrogen and oxygen atoms in total. The quantitative estimate of drug-likeness (QED) is 0.651. The number of nitrogens with one attached hydrogen (secondary N) is 2. The summed E-state index contributed by atoms with van der Waals surface area (Å²) in [5.74, 6) is 0.864. The second-order valence-electron chi connectivity index (χ2n) is 4.68. The highest BCUT2D eigenvalue weighted by molar-refractivity contribution is 5.73. The Labute approximate surface area is 127 Å². The Morgan fingerprint density at radius 3 is 2.38 bits per heavy atom. The summed E-state index contributed by atoms with van der Waals surface area (Å²) in [7, 11) is 1.66. The van der Waals surface area contributed by atoms with E-state index in [1.807, 2.05) is 31.2 Å². The van der Waals surface area contributed by atoms with E-state index in [0.717, 1.165) is 31.6 Å². The molecule has 0 radical (unpaired) electrons. The van der Waals surface area contributed by atoms with Crippen LogP contribution in [0.5, 0.6) is 5.75 Å². The van der Waals surface area contributed by atoms with Crippen molar-refractivity contribution in [2.24, 2.45) is 0 Å². The van der Waals surface area contributed by atoms with Gasteiger partial charge in [0, 0.05) is 26.3 Å². The van der Waals surface area contributed by atoms with Crippen LogP contribution in [-0.4, -0.2) is 39.4 Å². The number of ether oxygens (including phenoxy) is 2. The van der Waals surface area contributed by atoms with Crippen LogP contribution < -0.4 is 15.4 Å². The van der Waals surface area contributed by atoms with Crippen LogP contribution in [0, 0.1) is 0 Å². The van der Waals surface area contributed by atoms with Crippen molar-refractivity contribution in [2.75, 3.05) is 33.4 Å². The standard InChI is InChI=1S/C16H26N2O3/c1-3-21-13-5-12-18-16(19)17-11-4-6-14-7-9-15(20-2)10-8-14/h7-10H,3-6,11-13H2,1-2H3,(H2,17,18,19). The summed E-state index contributed by atoms with van der Waals surface area (Å²) in [6, 6.07) is 7.89. The van der Waals surface area contributed by atoms with Crippen molar-refractivity contribution in [2.45, 2.75) is 26.2 Å². The first-order chi connectivity index (χ1) is 10.3. The second kappa shape index (κ2) is 11.0. The van der Waals surface area contributed by atoms with Crippen molar-refractivity contribution in [3.8, 4) is 5.75 Å². The molecule has 0 aliphatic rings. The van der Waals surface area contributed by atoms with E-state index in [2.05, 4.69) is 10.6 Å². The normalized spacial score (nSPS) is 10.2. The molecule has 0 heterocycles. The minimum Gasteiger partial charge on any atom is -0.497 e. The lowest BCUT2D eigenvalue weighted by Crippen LogP contribution is -2.36. The topological polar surface area (TPSA) is 59.6 Å². The van der Waals surface area contributed by atoms with Gasteiger partial charge in [-0.05, 0) is 43.9 Å². The SMILES string of the molecule is CCOCCCNC(=O)NCCCc1ccc(OC)cc1. The van der Waals surface area contributed by atoms with Gasteiger partial charge in [-0.25, -0.2) is 4.79 Å². The largest absolute Gasteiger partial charge is 0.497 e. The van der Waals surface area contributed by atoms with E-state index in [4.69, 9.17) is 9.47 Å². The highest BCUT2D eigenvalue weighted by atomic mass is 16.5. The van der Waals surface area contributed by atoms with E-state index >= 15 is 0 Å². The van der Waals surface area contributed by atoms with Gasteiger partial charge >= 0.3 is 6.03 Å². The molecule has 0 fully saturated rings. The molecule has 0 aliphatic heterocycles. The van der Waals surface area contributed by atoms with E-state index in [1.54, 1.807) is 7.11 Å². The van der Waals surface area contributed by atoms with E-state index in [0.29, 0.717) is 19.7 Å². The Bertz CT molecular complexity index is 393. The average Bonchev–Trinajstić information content (AvgIpc) is 2.52. The van der Waals surface area contributed by atoms with E-state index in [-0.39, 0.29) is 6.03 Å². The van der Waals surface area contributed by atoms with Gasteiger partial charge in [0.2, 0.25) is 0 Å². The summed E-state index contributed by atoms with van der Waals surface area (Å²) in [6.07, 6.45) is 2.69. The summed E-state index contributed by atoms with van der Waals surface area (Å²) in [4.78, 5) is 11.5. The third-order valence-corrected chi connectivity index (χ3v) is 3.04. The van der Waals surface area contributed by atoms with Gasteiger partial charge < -0.3 is 20.1 Å². The Hall–Kier alpha value is -1.75. The average molecular weight is 294 g/mol. The molecule has 0 atom stereocenters. The van der Waals surface area contributed by atoms with Gasteiger partial charge in [0.25, 0.3) is 0 Å². The van der Waals surface area contributed by atoms with Crippen LogP contribution in [0.15, 0.2) is 24.3 Å². The monoisotopic (exact) mass is 294 g/mol. The van der Waals surface area contributed by atoms with Gasteiger partial charge in [-0.15, -0.1) is 0 Å². The Balaban J connectivity index is 2.03. The van der Waals surface area contributed by atoms with Crippen LogP contribution in [0.3, 0.4) is 0 Å². The first-order valence-corrected chi connectivity index (χ1v) is 7.48. The zero-order valence-electron chi connectivity index (χ0n) is 13.0. The number of hydrogen-bond donors (Lipinski definition) is 2. The maximum Gasteiger partial charge on any atom is 0.314 e. The summed E-state index contributed by atoms with van der Waals surface area (Å²) in [5.41, 5.74) is 1.25. The number of benzene rings is 1. The molecule has 118 valence electrons. The molecule has 2 amide bonds. The summed E-state index contributed by atoms with van der Waals surface area (Å²) in [5, 5.41) is 5.66. The van der Waals surface area contributed by atoms with E-state index < -0.39 is 0 Å². The van der Waals surface area contributed by atoms with Gasteiger partial charge in [-0.2, -0.15) is 0 Å². The first-order valence-electron chi connectivity index (χ1n) is 7.48. The molecule has 0 unspecified atom stereocenters. The molecular formula is C16H26N2O3. The molecular weight excluding hydrogens is 268 g/mol. The van der Waals surface area contributed by atoms with Gasteiger partial charge in [-0.1, -0.05) is 12.1 Å². The van der Waals surface area contributed by atoms with Crippen LogP contribution >= 0.6 is 0 Å². The van der Waals surface area contributed by atoms with Crippen LogP contribution in [-0.2, 0) is 11.2 Å². The maximum atomic E-state index is 11.5. The van der Waals surface area contributed by atoms with Gasteiger partial charge in [-0.3, -0.25) is 0 Å². The number of rotatable bonds is 10. The third kappa shape index (κ3) is 8.19. The third-order valence-electron chi connectivity index (χ3n) is 3.04. The smallest absolute Gasteiger partial charge is 0.314 e. The molecule has 0 spiro atoms. The molecule has 2 N–H and O–H groups in total. The van der Waals surface area contributed by atoms with Crippen molar-refractivity contribution >= 4 is 6.03 Å². The van der Waals surface area contributed by atoms with Crippen LogP contribution in [0.2, 0.25) is 0 Å². The molecule has 1 aromatic rings. The number of methoxy groups -OCH3 is 1. The van der Waals surface area contributed by atoms with Crippen molar-refractivity contribution in [1.29, 1.82) is 0 Å². The second-order valence-corrected chi connectivity index (χ2v) is 4.68. The van der Waals surface area contributed by atoms with E-state index in [9.17, 15) is 4.79 Å². The molecule has 1 aromatic carbocycles. The fourth-order valence-electron chi connectivity index (χ4n) is 1.87. The fourth-order valence-corrected chi connectivity index (χ4v) is 1.87. The summed E-state index contributed by atoms with van der Waals surface area (Å²) in [6.45, 7) is 4.68. The van der Waals surface area contributed by atoms with Crippen LogP contribution in [0.25, 0.3) is 0 Å². The van der Waals surface area contributed by atoms with Crippen molar-refractivity contribution in [3.05, 3.63) is 29.8 Å². The zero-order valence-corrected chi connectivity index (χ0v) is 13.0.